The van der Waals surface area contributed by atoms with E-state index >= 15 is 0 Å². The number of nitrogens with one attached hydrogen (secondary N) is 1. The van der Waals surface area contributed by atoms with Gasteiger partial charge in [0.15, 0.2) is 0 Å². The molecular formula is C14H19NOS. The number of amides is 1. The molecule has 1 amide bonds. The summed E-state index contributed by atoms with van der Waals surface area (Å²) >= 11 is 1.83. The second-order valence-electron chi connectivity index (χ2n) is 4.42. The van der Waals surface area contributed by atoms with Crippen LogP contribution in [-0.2, 0) is 4.79 Å². The predicted molar refractivity (Wildman–Crippen MR) is 74.2 cm³/mol. The molecule has 0 saturated carbocycles. The Balaban J connectivity index is 2.41. The minimum atomic E-state index is -0.106. The van der Waals surface area contributed by atoms with Gasteiger partial charge in [0, 0.05) is 16.2 Å². The van der Waals surface area contributed by atoms with Gasteiger partial charge in [0.1, 0.15) is 0 Å². The van der Waals surface area contributed by atoms with Crippen LogP contribution in [-0.4, -0.2) is 17.2 Å². The highest BCUT2D eigenvalue weighted by Gasteiger charge is 2.18. The molecule has 0 aromatic heterocycles. The Morgan fingerprint density at radius 1 is 1.41 bits per heavy atom. The maximum atomic E-state index is 11.0. The van der Waals surface area contributed by atoms with Crippen LogP contribution in [0.2, 0.25) is 0 Å². The van der Waals surface area contributed by atoms with Crippen molar-refractivity contribution < 1.29 is 4.79 Å². The molecule has 0 aliphatic rings. The lowest BCUT2D eigenvalue weighted by atomic mass is 10.1. The molecule has 0 aliphatic heterocycles. The highest BCUT2D eigenvalue weighted by molar-refractivity contribution is 8.00. The van der Waals surface area contributed by atoms with Gasteiger partial charge in [-0.15, -0.1) is 11.8 Å². The van der Waals surface area contributed by atoms with Gasteiger partial charge in [-0.1, -0.05) is 38.6 Å². The highest BCUT2D eigenvalue weighted by Crippen LogP contribution is 2.34. The van der Waals surface area contributed by atoms with Crippen LogP contribution in [0, 0.1) is 0 Å². The molecule has 1 aromatic rings. The predicted octanol–water partition coefficient (Wildman–Crippen LogP) is 3.25. The van der Waals surface area contributed by atoms with E-state index in [-0.39, 0.29) is 10.7 Å². The lowest BCUT2D eigenvalue weighted by molar-refractivity contribution is -0.116. The molecule has 0 radical (unpaired) electrons. The van der Waals surface area contributed by atoms with Gasteiger partial charge in [-0.2, -0.15) is 0 Å². The van der Waals surface area contributed by atoms with Crippen molar-refractivity contribution in [2.75, 3.05) is 6.54 Å². The summed E-state index contributed by atoms with van der Waals surface area (Å²) in [5.41, 5.74) is 0. The standard InChI is InChI=1S/C14H19NOS/c1-4-13(16)15-11-10-14(2,3)17-12-8-6-5-7-9-12/h4-9H,1,10-11H2,2-3H3,(H,15,16). The molecule has 1 rings (SSSR count). The van der Waals surface area contributed by atoms with Crippen molar-refractivity contribution in [1.29, 1.82) is 0 Å². The van der Waals surface area contributed by atoms with Gasteiger partial charge in [0.25, 0.3) is 0 Å². The van der Waals surface area contributed by atoms with E-state index in [4.69, 9.17) is 0 Å². The van der Waals surface area contributed by atoms with Crippen LogP contribution >= 0.6 is 11.8 Å². The zero-order valence-corrected chi connectivity index (χ0v) is 11.2. The summed E-state index contributed by atoms with van der Waals surface area (Å²) in [6.07, 6.45) is 2.23. The number of hydrogen-bond acceptors (Lipinski definition) is 2. The Morgan fingerprint density at radius 2 is 2.06 bits per heavy atom. The third-order valence-electron chi connectivity index (χ3n) is 2.35. The first-order valence-electron chi connectivity index (χ1n) is 5.68. The molecule has 17 heavy (non-hydrogen) atoms. The van der Waals surface area contributed by atoms with Gasteiger partial charge in [-0.3, -0.25) is 4.79 Å². The summed E-state index contributed by atoms with van der Waals surface area (Å²) in [4.78, 5) is 12.3. The van der Waals surface area contributed by atoms with E-state index in [0.29, 0.717) is 6.54 Å². The normalized spacial score (nSPS) is 10.9. The quantitative estimate of drug-likeness (QED) is 0.619. The Morgan fingerprint density at radius 3 is 2.65 bits per heavy atom. The van der Waals surface area contributed by atoms with Crippen molar-refractivity contribution in [3.63, 3.8) is 0 Å². The summed E-state index contributed by atoms with van der Waals surface area (Å²) in [6.45, 7) is 8.47. The van der Waals surface area contributed by atoms with Gasteiger partial charge in [0.05, 0.1) is 0 Å². The topological polar surface area (TPSA) is 29.1 Å². The average molecular weight is 249 g/mol. The van der Waals surface area contributed by atoms with Crippen molar-refractivity contribution in [3.05, 3.63) is 43.0 Å². The number of carbonyl (C=O) groups excluding carboxylic acids is 1. The van der Waals surface area contributed by atoms with Crippen molar-refractivity contribution in [2.45, 2.75) is 29.9 Å². The summed E-state index contributed by atoms with van der Waals surface area (Å²) in [6, 6.07) is 10.3. The third kappa shape index (κ3) is 5.59. The molecule has 0 atom stereocenters. The van der Waals surface area contributed by atoms with E-state index in [1.807, 2.05) is 30.0 Å². The van der Waals surface area contributed by atoms with E-state index in [9.17, 15) is 4.79 Å². The Hall–Kier alpha value is -1.22. The molecule has 0 saturated heterocycles. The molecule has 0 unspecified atom stereocenters. The molecular weight excluding hydrogens is 230 g/mol. The molecule has 0 aliphatic carbocycles. The van der Waals surface area contributed by atoms with Crippen LogP contribution in [0.3, 0.4) is 0 Å². The number of hydrogen-bond donors (Lipinski definition) is 1. The molecule has 1 N–H and O–H groups in total. The first-order valence-corrected chi connectivity index (χ1v) is 6.49. The largest absolute Gasteiger partial charge is 0.353 e. The second-order valence-corrected chi connectivity index (χ2v) is 6.20. The average Bonchev–Trinajstić information content (AvgIpc) is 2.29. The van der Waals surface area contributed by atoms with E-state index < -0.39 is 0 Å². The molecule has 0 fully saturated rings. The van der Waals surface area contributed by atoms with Crippen LogP contribution < -0.4 is 5.32 Å². The zero-order valence-electron chi connectivity index (χ0n) is 10.4. The van der Waals surface area contributed by atoms with Crippen LogP contribution in [0.5, 0.6) is 0 Å². The molecule has 1 aromatic carbocycles. The van der Waals surface area contributed by atoms with Crippen molar-refractivity contribution >= 4 is 17.7 Å². The van der Waals surface area contributed by atoms with E-state index in [1.165, 1.54) is 11.0 Å². The fourth-order valence-corrected chi connectivity index (χ4v) is 2.55. The number of rotatable bonds is 6. The molecule has 0 bridgehead atoms. The fourth-order valence-electron chi connectivity index (χ4n) is 1.42. The van der Waals surface area contributed by atoms with Gasteiger partial charge >= 0.3 is 0 Å². The summed E-state index contributed by atoms with van der Waals surface area (Å²) < 4.78 is 0.107. The van der Waals surface area contributed by atoms with Gasteiger partial charge < -0.3 is 5.32 Å². The van der Waals surface area contributed by atoms with Gasteiger partial charge in [-0.25, -0.2) is 0 Å². The SMILES string of the molecule is C=CC(=O)NCCC(C)(C)Sc1ccccc1. The third-order valence-corrected chi connectivity index (χ3v) is 3.61. The highest BCUT2D eigenvalue weighted by atomic mass is 32.2. The Kier molecular flexibility index (Phi) is 5.29. The molecule has 92 valence electrons. The first kappa shape index (κ1) is 13.8. The van der Waals surface area contributed by atoms with Crippen molar-refractivity contribution in [1.82, 2.24) is 5.32 Å². The van der Waals surface area contributed by atoms with Crippen LogP contribution in [0.4, 0.5) is 0 Å². The summed E-state index contributed by atoms with van der Waals surface area (Å²) in [7, 11) is 0. The first-order chi connectivity index (χ1) is 8.03. The number of benzene rings is 1. The lowest BCUT2D eigenvalue weighted by Gasteiger charge is -2.24. The minimum Gasteiger partial charge on any atom is -0.353 e. The van der Waals surface area contributed by atoms with E-state index in [0.717, 1.165) is 6.42 Å². The maximum absolute atomic E-state index is 11.0. The van der Waals surface area contributed by atoms with Gasteiger partial charge in [0.2, 0.25) is 5.91 Å². The van der Waals surface area contributed by atoms with E-state index in [1.54, 1.807) is 0 Å². The maximum Gasteiger partial charge on any atom is 0.243 e. The van der Waals surface area contributed by atoms with Gasteiger partial charge in [-0.05, 0) is 24.6 Å². The van der Waals surface area contributed by atoms with Crippen LogP contribution in [0.25, 0.3) is 0 Å². The molecule has 0 heterocycles. The number of thioether (sulfide) groups is 1. The van der Waals surface area contributed by atoms with Crippen LogP contribution in [0.15, 0.2) is 47.9 Å². The smallest absolute Gasteiger partial charge is 0.243 e. The molecule has 2 nitrogen and oxygen atoms in total. The molecule has 0 spiro atoms. The Bertz CT molecular complexity index is 373. The number of carbonyl (C=O) groups is 1. The zero-order chi connectivity index (χ0) is 12.7. The Labute approximate surface area is 107 Å². The van der Waals surface area contributed by atoms with Crippen molar-refractivity contribution in [3.8, 4) is 0 Å². The second kappa shape index (κ2) is 6.50. The summed E-state index contributed by atoms with van der Waals surface area (Å²) in [5, 5.41) is 2.80. The molecule has 3 heteroatoms. The fraction of sp³-hybridized carbons (Fsp3) is 0.357. The van der Waals surface area contributed by atoms with Crippen LogP contribution in [0.1, 0.15) is 20.3 Å². The lowest BCUT2D eigenvalue weighted by Crippen LogP contribution is -2.27. The monoisotopic (exact) mass is 249 g/mol. The minimum absolute atomic E-state index is 0.106. The summed E-state index contributed by atoms with van der Waals surface area (Å²) in [5.74, 6) is -0.106. The van der Waals surface area contributed by atoms with E-state index in [2.05, 4.69) is 37.9 Å². The van der Waals surface area contributed by atoms with Crippen molar-refractivity contribution in [2.24, 2.45) is 0 Å².